The molecule has 1 heterocycles. The van der Waals surface area contributed by atoms with E-state index < -0.39 is 11.9 Å². The van der Waals surface area contributed by atoms with Gasteiger partial charge < -0.3 is 5.32 Å². The van der Waals surface area contributed by atoms with Gasteiger partial charge in [0.15, 0.2) is 5.69 Å². The average molecular weight is 290 g/mol. The van der Waals surface area contributed by atoms with Crippen LogP contribution < -0.4 is 5.32 Å². The van der Waals surface area contributed by atoms with E-state index in [9.17, 15) is 13.2 Å². The van der Waals surface area contributed by atoms with E-state index in [0.29, 0.717) is 17.3 Å². The number of nitrogens with zero attached hydrogens (tertiary/aromatic N) is 2. The van der Waals surface area contributed by atoms with Crippen LogP contribution in [0.1, 0.15) is 11.3 Å². The highest BCUT2D eigenvalue weighted by Gasteiger charge is 2.33. The van der Waals surface area contributed by atoms with Crippen LogP contribution in [0.3, 0.4) is 0 Å². The standard InChI is InChI=1S/C12H11ClF3N3/c1-17-7-8-2-3-9(13)6-10(8)19-5-4-11(18-19)12(14,15)16/h2-6,17H,7H2,1H3. The van der Waals surface area contributed by atoms with Gasteiger partial charge in [0.05, 0.1) is 5.69 Å². The number of hydrogen-bond acceptors (Lipinski definition) is 2. The van der Waals surface area contributed by atoms with Crippen molar-refractivity contribution in [2.45, 2.75) is 12.7 Å². The van der Waals surface area contributed by atoms with E-state index >= 15 is 0 Å². The van der Waals surface area contributed by atoms with E-state index in [4.69, 9.17) is 11.6 Å². The summed E-state index contributed by atoms with van der Waals surface area (Å²) in [5.41, 5.74) is 0.406. The molecular formula is C12H11ClF3N3. The summed E-state index contributed by atoms with van der Waals surface area (Å²) >= 11 is 5.88. The van der Waals surface area contributed by atoms with Crippen molar-refractivity contribution in [2.24, 2.45) is 0 Å². The van der Waals surface area contributed by atoms with E-state index in [1.165, 1.54) is 10.9 Å². The lowest BCUT2D eigenvalue weighted by Gasteiger charge is -2.10. The molecule has 1 aromatic heterocycles. The van der Waals surface area contributed by atoms with Gasteiger partial charge >= 0.3 is 6.18 Å². The second kappa shape index (κ2) is 5.22. The molecule has 0 fully saturated rings. The molecule has 102 valence electrons. The van der Waals surface area contributed by atoms with Crippen LogP contribution in [0.2, 0.25) is 5.02 Å². The van der Waals surface area contributed by atoms with Crippen molar-refractivity contribution in [3.63, 3.8) is 0 Å². The van der Waals surface area contributed by atoms with Crippen LogP contribution in [-0.4, -0.2) is 16.8 Å². The zero-order valence-corrected chi connectivity index (χ0v) is 10.8. The van der Waals surface area contributed by atoms with Crippen LogP contribution in [0.25, 0.3) is 5.69 Å². The number of hydrogen-bond donors (Lipinski definition) is 1. The predicted octanol–water partition coefficient (Wildman–Crippen LogP) is 3.26. The molecule has 0 saturated carbocycles. The molecule has 0 unspecified atom stereocenters. The van der Waals surface area contributed by atoms with Crippen LogP contribution in [0.4, 0.5) is 13.2 Å². The fourth-order valence-corrected chi connectivity index (χ4v) is 1.87. The highest BCUT2D eigenvalue weighted by atomic mass is 35.5. The second-order valence-corrected chi connectivity index (χ2v) is 4.38. The smallest absolute Gasteiger partial charge is 0.316 e. The number of rotatable bonds is 3. The van der Waals surface area contributed by atoms with Crippen LogP contribution >= 0.6 is 11.6 Å². The first-order chi connectivity index (χ1) is 8.91. The molecule has 0 amide bonds. The number of benzene rings is 1. The summed E-state index contributed by atoms with van der Waals surface area (Å²) in [6.07, 6.45) is -3.18. The lowest BCUT2D eigenvalue weighted by molar-refractivity contribution is -0.141. The number of nitrogens with one attached hydrogen (secondary N) is 1. The Morgan fingerprint density at radius 1 is 1.32 bits per heavy atom. The Balaban J connectivity index is 2.46. The summed E-state index contributed by atoms with van der Waals surface area (Å²) in [6.45, 7) is 0.508. The van der Waals surface area contributed by atoms with Gasteiger partial charge in [0.2, 0.25) is 0 Å². The minimum atomic E-state index is -4.45. The molecule has 0 saturated heterocycles. The minimum Gasteiger partial charge on any atom is -0.316 e. The van der Waals surface area contributed by atoms with Crippen molar-refractivity contribution in [3.05, 3.63) is 46.7 Å². The van der Waals surface area contributed by atoms with Gasteiger partial charge in [-0.25, -0.2) is 4.68 Å². The highest BCUT2D eigenvalue weighted by Crippen LogP contribution is 2.28. The van der Waals surface area contributed by atoms with Crippen molar-refractivity contribution < 1.29 is 13.2 Å². The van der Waals surface area contributed by atoms with Crippen LogP contribution in [0.5, 0.6) is 0 Å². The lowest BCUT2D eigenvalue weighted by atomic mass is 10.2. The molecule has 0 aliphatic carbocycles. The number of alkyl halides is 3. The largest absolute Gasteiger partial charge is 0.435 e. The van der Waals surface area contributed by atoms with Crippen LogP contribution in [0.15, 0.2) is 30.5 Å². The van der Waals surface area contributed by atoms with Gasteiger partial charge in [-0.05, 0) is 30.8 Å². The first-order valence-electron chi connectivity index (χ1n) is 5.48. The normalized spacial score (nSPS) is 11.8. The van der Waals surface area contributed by atoms with Gasteiger partial charge in [-0.2, -0.15) is 18.3 Å². The molecule has 0 spiro atoms. The fourth-order valence-electron chi connectivity index (χ4n) is 1.70. The van der Waals surface area contributed by atoms with Crippen molar-refractivity contribution in [2.75, 3.05) is 7.05 Å². The Labute approximate surface area is 113 Å². The molecule has 0 aliphatic heterocycles. The van der Waals surface area contributed by atoms with E-state index in [-0.39, 0.29) is 0 Å². The van der Waals surface area contributed by atoms with E-state index in [0.717, 1.165) is 11.6 Å². The molecular weight excluding hydrogens is 279 g/mol. The van der Waals surface area contributed by atoms with Crippen molar-refractivity contribution >= 4 is 11.6 Å². The Hall–Kier alpha value is -1.53. The molecule has 3 nitrogen and oxygen atoms in total. The summed E-state index contributed by atoms with van der Waals surface area (Å²) in [7, 11) is 1.75. The summed E-state index contributed by atoms with van der Waals surface area (Å²) in [5, 5.41) is 6.93. The van der Waals surface area contributed by atoms with E-state index in [2.05, 4.69) is 10.4 Å². The van der Waals surface area contributed by atoms with Gasteiger partial charge in [0, 0.05) is 17.8 Å². The maximum absolute atomic E-state index is 12.5. The molecule has 0 aliphatic rings. The van der Waals surface area contributed by atoms with Crippen LogP contribution in [-0.2, 0) is 12.7 Å². The summed E-state index contributed by atoms with van der Waals surface area (Å²) in [5.74, 6) is 0. The summed E-state index contributed by atoms with van der Waals surface area (Å²) in [6, 6.07) is 5.96. The molecule has 19 heavy (non-hydrogen) atoms. The number of aromatic nitrogens is 2. The summed E-state index contributed by atoms with van der Waals surface area (Å²) < 4.78 is 38.8. The Morgan fingerprint density at radius 3 is 2.63 bits per heavy atom. The Bertz CT molecular complexity index is 578. The molecule has 2 aromatic rings. The maximum atomic E-state index is 12.5. The topological polar surface area (TPSA) is 29.9 Å². The molecule has 7 heteroatoms. The molecule has 1 N–H and O–H groups in total. The maximum Gasteiger partial charge on any atom is 0.435 e. The second-order valence-electron chi connectivity index (χ2n) is 3.95. The van der Waals surface area contributed by atoms with Crippen molar-refractivity contribution in [3.8, 4) is 5.69 Å². The molecule has 0 atom stereocenters. The third-order valence-electron chi connectivity index (χ3n) is 2.54. The average Bonchev–Trinajstić information content (AvgIpc) is 2.80. The fraction of sp³-hybridized carbons (Fsp3) is 0.250. The van der Waals surface area contributed by atoms with Gasteiger partial charge in [0.25, 0.3) is 0 Å². The number of halogens is 4. The van der Waals surface area contributed by atoms with Crippen molar-refractivity contribution in [1.82, 2.24) is 15.1 Å². The predicted molar refractivity (Wildman–Crippen MR) is 66.3 cm³/mol. The first-order valence-corrected chi connectivity index (χ1v) is 5.86. The zero-order valence-electron chi connectivity index (χ0n) is 10.0. The minimum absolute atomic E-state index is 0.443. The van der Waals surface area contributed by atoms with Gasteiger partial charge in [0.1, 0.15) is 0 Å². The van der Waals surface area contributed by atoms with E-state index in [1.54, 1.807) is 25.2 Å². The quantitative estimate of drug-likeness (QED) is 0.940. The van der Waals surface area contributed by atoms with Crippen molar-refractivity contribution in [1.29, 1.82) is 0 Å². The monoisotopic (exact) mass is 289 g/mol. The molecule has 1 aromatic carbocycles. The van der Waals surface area contributed by atoms with Gasteiger partial charge in [-0.3, -0.25) is 0 Å². The van der Waals surface area contributed by atoms with Gasteiger partial charge in [-0.1, -0.05) is 17.7 Å². The molecule has 2 rings (SSSR count). The third kappa shape index (κ3) is 3.08. The first kappa shape index (κ1) is 13.9. The molecule has 0 bridgehead atoms. The van der Waals surface area contributed by atoms with E-state index in [1.807, 2.05) is 0 Å². The third-order valence-corrected chi connectivity index (χ3v) is 2.78. The highest BCUT2D eigenvalue weighted by molar-refractivity contribution is 6.30. The molecule has 0 radical (unpaired) electrons. The lowest BCUT2D eigenvalue weighted by Crippen LogP contribution is -2.11. The Morgan fingerprint density at radius 2 is 2.05 bits per heavy atom. The van der Waals surface area contributed by atoms with Crippen LogP contribution in [0, 0.1) is 0 Å². The van der Waals surface area contributed by atoms with Gasteiger partial charge in [-0.15, -0.1) is 0 Å². The SMILES string of the molecule is CNCc1ccc(Cl)cc1-n1ccc(C(F)(F)F)n1. The Kier molecular flexibility index (Phi) is 3.82. The summed E-state index contributed by atoms with van der Waals surface area (Å²) in [4.78, 5) is 0. The zero-order chi connectivity index (χ0) is 14.0.